The highest BCUT2D eigenvalue weighted by Gasteiger charge is 2.35. The Bertz CT molecular complexity index is 484. The molecule has 0 unspecified atom stereocenters. The minimum Gasteiger partial charge on any atom is -0.383 e. The molecule has 0 saturated heterocycles. The van der Waals surface area contributed by atoms with E-state index >= 15 is 0 Å². The van der Waals surface area contributed by atoms with E-state index in [1.807, 2.05) is 0 Å². The zero-order valence-electron chi connectivity index (χ0n) is 11.9. The molecule has 2 rings (SSSR count). The van der Waals surface area contributed by atoms with Gasteiger partial charge in [-0.2, -0.15) is 24.9 Å². The Morgan fingerprint density at radius 3 is 2.48 bits per heavy atom. The smallest absolute Gasteiger partial charge is 0.383 e. The first-order valence-electron chi connectivity index (χ1n) is 7.02. The molecule has 1 saturated carbocycles. The van der Waals surface area contributed by atoms with E-state index in [9.17, 15) is 13.2 Å². The quantitative estimate of drug-likeness (QED) is 0.691. The average molecular weight is 382 g/mol. The van der Waals surface area contributed by atoms with Crippen LogP contribution >= 0.6 is 27.7 Å². The van der Waals surface area contributed by atoms with Crippen LogP contribution in [0.25, 0.3) is 0 Å². The van der Waals surface area contributed by atoms with Gasteiger partial charge < -0.3 is 5.32 Å². The molecule has 0 heterocycles. The minimum absolute atomic E-state index is 0.0590. The second kappa shape index (κ2) is 6.82. The zero-order valence-corrected chi connectivity index (χ0v) is 14.3. The van der Waals surface area contributed by atoms with E-state index in [0.717, 1.165) is 31.7 Å². The maximum absolute atomic E-state index is 13.1. The standard InChI is InChI=1S/C15H19BrF3NS/c1-21-14(7-3-2-4-8-14)10-20-13-9-11(16)5-6-12(13)15(17,18)19/h5-6,9,20H,2-4,7-8,10H2,1H3. The lowest BCUT2D eigenvalue weighted by Crippen LogP contribution is -2.36. The van der Waals surface area contributed by atoms with Gasteiger partial charge in [0, 0.05) is 21.5 Å². The van der Waals surface area contributed by atoms with Crippen molar-refractivity contribution < 1.29 is 13.2 Å². The highest BCUT2D eigenvalue weighted by atomic mass is 79.9. The number of rotatable bonds is 4. The van der Waals surface area contributed by atoms with Crippen molar-refractivity contribution in [2.75, 3.05) is 18.1 Å². The molecular weight excluding hydrogens is 363 g/mol. The lowest BCUT2D eigenvalue weighted by Gasteiger charge is -2.36. The molecule has 1 aromatic rings. The van der Waals surface area contributed by atoms with Crippen LogP contribution in [0.15, 0.2) is 22.7 Å². The first-order valence-corrected chi connectivity index (χ1v) is 9.04. The number of hydrogen-bond acceptors (Lipinski definition) is 2. The largest absolute Gasteiger partial charge is 0.418 e. The summed E-state index contributed by atoms with van der Waals surface area (Å²) in [5.41, 5.74) is -0.436. The Hall–Kier alpha value is -0.360. The number of benzene rings is 1. The molecule has 118 valence electrons. The predicted molar refractivity (Wildman–Crippen MR) is 87.0 cm³/mol. The Labute approximate surface area is 136 Å². The van der Waals surface area contributed by atoms with Crippen LogP contribution in [0.4, 0.5) is 18.9 Å². The second-order valence-electron chi connectivity index (χ2n) is 5.49. The van der Waals surface area contributed by atoms with Crippen LogP contribution in [-0.4, -0.2) is 17.5 Å². The van der Waals surface area contributed by atoms with Gasteiger partial charge in [-0.25, -0.2) is 0 Å². The summed E-state index contributed by atoms with van der Waals surface area (Å²) in [6.07, 6.45) is 3.40. The van der Waals surface area contributed by atoms with Crippen molar-refractivity contribution in [1.29, 1.82) is 0 Å². The van der Waals surface area contributed by atoms with Gasteiger partial charge in [0.1, 0.15) is 0 Å². The Balaban J connectivity index is 2.17. The SMILES string of the molecule is CSC1(CNc2cc(Br)ccc2C(F)(F)F)CCCCC1. The zero-order chi connectivity index (χ0) is 15.5. The van der Waals surface area contributed by atoms with Crippen LogP contribution in [0, 0.1) is 0 Å². The maximum Gasteiger partial charge on any atom is 0.418 e. The van der Waals surface area contributed by atoms with Crippen LogP contribution in [0.2, 0.25) is 0 Å². The molecule has 21 heavy (non-hydrogen) atoms. The number of hydrogen-bond donors (Lipinski definition) is 1. The molecule has 0 radical (unpaired) electrons. The molecule has 0 spiro atoms. The highest BCUT2D eigenvalue weighted by Crippen LogP contribution is 2.40. The summed E-state index contributed by atoms with van der Waals surface area (Å²) in [5.74, 6) is 0. The van der Waals surface area contributed by atoms with Crippen molar-refractivity contribution in [3.63, 3.8) is 0 Å². The van der Waals surface area contributed by atoms with Crippen LogP contribution in [0.5, 0.6) is 0 Å². The Morgan fingerprint density at radius 1 is 1.24 bits per heavy atom. The number of alkyl halides is 3. The van der Waals surface area contributed by atoms with Gasteiger partial charge in [-0.15, -0.1) is 0 Å². The lowest BCUT2D eigenvalue weighted by atomic mass is 9.88. The molecule has 0 bridgehead atoms. The molecule has 1 aliphatic rings. The molecule has 1 nitrogen and oxygen atoms in total. The highest BCUT2D eigenvalue weighted by molar-refractivity contribution is 9.10. The van der Waals surface area contributed by atoms with Crippen molar-refractivity contribution in [2.24, 2.45) is 0 Å². The van der Waals surface area contributed by atoms with Gasteiger partial charge in [-0.05, 0) is 37.3 Å². The van der Waals surface area contributed by atoms with E-state index in [2.05, 4.69) is 27.5 Å². The predicted octanol–water partition coefficient (Wildman–Crippen LogP) is 5.95. The Kier molecular flexibility index (Phi) is 5.52. The van der Waals surface area contributed by atoms with E-state index in [1.54, 1.807) is 11.8 Å². The molecular formula is C15H19BrF3NS. The monoisotopic (exact) mass is 381 g/mol. The fourth-order valence-electron chi connectivity index (χ4n) is 2.82. The van der Waals surface area contributed by atoms with E-state index in [0.29, 0.717) is 11.0 Å². The molecule has 1 N–H and O–H groups in total. The number of nitrogens with one attached hydrogen (secondary N) is 1. The molecule has 0 atom stereocenters. The second-order valence-corrected chi connectivity index (χ2v) is 7.68. The van der Waals surface area contributed by atoms with Crippen molar-refractivity contribution in [2.45, 2.75) is 43.0 Å². The fraction of sp³-hybridized carbons (Fsp3) is 0.600. The molecule has 6 heteroatoms. The van der Waals surface area contributed by atoms with Crippen molar-refractivity contribution in [3.8, 4) is 0 Å². The van der Waals surface area contributed by atoms with Gasteiger partial charge in [0.25, 0.3) is 0 Å². The van der Waals surface area contributed by atoms with Crippen molar-refractivity contribution in [3.05, 3.63) is 28.2 Å². The summed E-state index contributed by atoms with van der Waals surface area (Å²) in [7, 11) is 0. The summed E-state index contributed by atoms with van der Waals surface area (Å²) in [5, 5.41) is 3.05. The summed E-state index contributed by atoms with van der Waals surface area (Å²) >= 11 is 5.02. The maximum atomic E-state index is 13.1. The third-order valence-corrected chi connectivity index (χ3v) is 6.00. The van der Waals surface area contributed by atoms with Gasteiger partial charge in [0.15, 0.2) is 0 Å². The first-order chi connectivity index (χ1) is 9.86. The van der Waals surface area contributed by atoms with Gasteiger partial charge >= 0.3 is 6.18 Å². The van der Waals surface area contributed by atoms with Crippen molar-refractivity contribution >= 4 is 33.4 Å². The topological polar surface area (TPSA) is 12.0 Å². The van der Waals surface area contributed by atoms with E-state index in [-0.39, 0.29) is 10.4 Å². The normalized spacial score (nSPS) is 18.5. The third kappa shape index (κ3) is 4.31. The van der Waals surface area contributed by atoms with Crippen LogP contribution in [0.3, 0.4) is 0 Å². The van der Waals surface area contributed by atoms with E-state index < -0.39 is 11.7 Å². The molecule has 1 aromatic carbocycles. The van der Waals surface area contributed by atoms with Crippen molar-refractivity contribution in [1.82, 2.24) is 0 Å². The van der Waals surface area contributed by atoms with Crippen LogP contribution in [0.1, 0.15) is 37.7 Å². The summed E-state index contributed by atoms with van der Waals surface area (Å²) < 4.78 is 39.9. The van der Waals surface area contributed by atoms with Crippen LogP contribution < -0.4 is 5.32 Å². The molecule has 0 amide bonds. The number of halogens is 4. The summed E-state index contributed by atoms with van der Waals surface area (Å²) in [6.45, 7) is 0.577. The molecule has 1 aliphatic carbocycles. The van der Waals surface area contributed by atoms with Gasteiger partial charge in [-0.1, -0.05) is 35.2 Å². The molecule has 0 aliphatic heterocycles. The number of thioether (sulfide) groups is 1. The summed E-state index contributed by atoms with van der Waals surface area (Å²) in [6, 6.07) is 4.07. The fourth-order valence-corrected chi connectivity index (χ4v) is 4.09. The Morgan fingerprint density at radius 2 is 1.90 bits per heavy atom. The van der Waals surface area contributed by atoms with Crippen LogP contribution in [-0.2, 0) is 6.18 Å². The average Bonchev–Trinajstić information content (AvgIpc) is 2.45. The van der Waals surface area contributed by atoms with E-state index in [4.69, 9.17) is 0 Å². The van der Waals surface area contributed by atoms with Gasteiger partial charge in [-0.3, -0.25) is 0 Å². The van der Waals surface area contributed by atoms with Gasteiger partial charge in [0.05, 0.1) is 5.56 Å². The molecule has 1 fully saturated rings. The minimum atomic E-state index is -4.33. The third-order valence-electron chi connectivity index (χ3n) is 4.09. The van der Waals surface area contributed by atoms with Gasteiger partial charge in [0.2, 0.25) is 0 Å². The molecule has 0 aromatic heterocycles. The lowest BCUT2D eigenvalue weighted by molar-refractivity contribution is -0.137. The summed E-state index contributed by atoms with van der Waals surface area (Å²) in [4.78, 5) is 0. The number of anilines is 1. The van der Waals surface area contributed by atoms with E-state index in [1.165, 1.54) is 18.6 Å². The first kappa shape index (κ1) is 17.0.